The second kappa shape index (κ2) is 7.04. The number of carbonyl (C=O) groups excluding carboxylic acids is 1. The Bertz CT molecular complexity index is 948. The van der Waals surface area contributed by atoms with E-state index in [2.05, 4.69) is 9.77 Å². The largest absolute Gasteiger partial charge is 0.452 e. The Morgan fingerprint density at radius 2 is 1.96 bits per heavy atom. The van der Waals surface area contributed by atoms with Crippen LogP contribution in [-0.2, 0) is 16.1 Å². The van der Waals surface area contributed by atoms with E-state index in [4.69, 9.17) is 21.9 Å². The number of fused-ring (bicyclic) bond motifs is 1. The van der Waals surface area contributed by atoms with Crippen LogP contribution in [0.15, 0.2) is 60.8 Å². The minimum atomic E-state index is -0.717. The molecule has 0 aliphatic carbocycles. The Balaban J connectivity index is 1.73. The van der Waals surface area contributed by atoms with Gasteiger partial charge in [-0.2, -0.15) is 4.79 Å². The molecular weight excluding hydrogens is 326 g/mol. The van der Waals surface area contributed by atoms with E-state index in [0.717, 1.165) is 16.5 Å². The zero-order valence-electron chi connectivity index (χ0n) is 12.5. The summed E-state index contributed by atoms with van der Waals surface area (Å²) in [5, 5.41) is 1.48. The third kappa shape index (κ3) is 3.49. The van der Waals surface area contributed by atoms with Crippen LogP contribution in [0.25, 0.3) is 16.4 Å². The maximum atomic E-state index is 12.1. The molecule has 24 heavy (non-hydrogen) atoms. The Morgan fingerprint density at radius 1 is 1.17 bits per heavy atom. The SMILES string of the molecule is [N-]=[N+]=C(C(=O)OCc1ccc2ncccc2c1)c1ccc(Cl)cc1. The zero-order chi connectivity index (χ0) is 16.9. The molecule has 0 saturated heterocycles. The van der Waals surface area contributed by atoms with Crippen molar-refractivity contribution in [3.05, 3.63) is 82.5 Å². The summed E-state index contributed by atoms with van der Waals surface area (Å²) >= 11 is 5.80. The monoisotopic (exact) mass is 337 g/mol. The second-order valence-corrected chi connectivity index (χ2v) is 5.50. The van der Waals surface area contributed by atoms with E-state index in [1.807, 2.05) is 30.3 Å². The third-order valence-corrected chi connectivity index (χ3v) is 3.70. The van der Waals surface area contributed by atoms with Crippen molar-refractivity contribution in [1.29, 1.82) is 0 Å². The fourth-order valence-electron chi connectivity index (χ4n) is 2.26. The third-order valence-electron chi connectivity index (χ3n) is 3.45. The smallest absolute Gasteiger partial charge is 0.422 e. The molecule has 0 bridgehead atoms. The summed E-state index contributed by atoms with van der Waals surface area (Å²) in [5.74, 6) is -0.717. The quantitative estimate of drug-likeness (QED) is 0.315. The number of pyridine rings is 1. The van der Waals surface area contributed by atoms with Gasteiger partial charge in [-0.1, -0.05) is 23.7 Å². The number of benzene rings is 2. The molecule has 5 nitrogen and oxygen atoms in total. The zero-order valence-corrected chi connectivity index (χ0v) is 13.3. The van der Waals surface area contributed by atoms with Gasteiger partial charge in [0.2, 0.25) is 0 Å². The van der Waals surface area contributed by atoms with Crippen molar-refractivity contribution < 1.29 is 14.3 Å². The second-order valence-electron chi connectivity index (χ2n) is 5.06. The van der Waals surface area contributed by atoms with E-state index >= 15 is 0 Å². The number of esters is 1. The molecule has 0 atom stereocenters. The maximum absolute atomic E-state index is 12.1. The maximum Gasteiger partial charge on any atom is 0.422 e. The molecule has 0 aliphatic rings. The summed E-state index contributed by atoms with van der Waals surface area (Å²) in [6.45, 7) is 0.0658. The Morgan fingerprint density at radius 3 is 2.71 bits per heavy atom. The Kier molecular flexibility index (Phi) is 4.66. The van der Waals surface area contributed by atoms with Crippen molar-refractivity contribution in [3.8, 4) is 0 Å². The van der Waals surface area contributed by atoms with Crippen molar-refractivity contribution in [2.45, 2.75) is 6.61 Å². The molecule has 0 N–H and O–H groups in total. The van der Waals surface area contributed by atoms with Crippen molar-refractivity contribution in [1.82, 2.24) is 4.98 Å². The van der Waals surface area contributed by atoms with Crippen molar-refractivity contribution in [2.75, 3.05) is 0 Å². The predicted molar refractivity (Wildman–Crippen MR) is 90.7 cm³/mol. The molecule has 0 fully saturated rings. The van der Waals surface area contributed by atoms with Crippen LogP contribution in [0.3, 0.4) is 0 Å². The van der Waals surface area contributed by atoms with Crippen LogP contribution >= 0.6 is 11.6 Å². The standard InChI is InChI=1S/C18H12ClN3O2/c19-15-6-4-13(5-7-15)17(22-20)18(23)24-11-12-3-8-16-14(10-12)2-1-9-21-16/h1-10H,11H2. The summed E-state index contributed by atoms with van der Waals surface area (Å²) in [6, 6.07) is 15.7. The van der Waals surface area contributed by atoms with Gasteiger partial charge in [-0.25, -0.2) is 4.79 Å². The average molecular weight is 338 g/mol. The number of halogens is 1. The number of aromatic nitrogens is 1. The van der Waals surface area contributed by atoms with Crippen LogP contribution in [0.4, 0.5) is 0 Å². The highest BCUT2D eigenvalue weighted by atomic mass is 35.5. The molecule has 0 spiro atoms. The van der Waals surface area contributed by atoms with Crippen molar-refractivity contribution >= 4 is 34.2 Å². The molecular formula is C18H12ClN3O2. The summed E-state index contributed by atoms with van der Waals surface area (Å²) < 4.78 is 5.23. The van der Waals surface area contributed by atoms with Gasteiger partial charge in [0.1, 0.15) is 6.61 Å². The molecule has 0 unspecified atom stereocenters. The van der Waals surface area contributed by atoms with Gasteiger partial charge in [-0.3, -0.25) is 4.98 Å². The predicted octanol–water partition coefficient (Wildman–Crippen LogP) is 3.65. The van der Waals surface area contributed by atoms with Crippen LogP contribution in [0, 0.1) is 0 Å². The number of hydrogen-bond acceptors (Lipinski definition) is 3. The van der Waals surface area contributed by atoms with Gasteiger partial charge < -0.3 is 10.3 Å². The van der Waals surface area contributed by atoms with Crippen LogP contribution in [-0.4, -0.2) is 21.5 Å². The van der Waals surface area contributed by atoms with E-state index in [1.165, 1.54) is 0 Å². The topological polar surface area (TPSA) is 75.6 Å². The fraction of sp³-hybridized carbons (Fsp3) is 0.0556. The van der Waals surface area contributed by atoms with Gasteiger partial charge in [0, 0.05) is 16.6 Å². The van der Waals surface area contributed by atoms with Crippen LogP contribution < -0.4 is 0 Å². The minimum absolute atomic E-state index is 0.0658. The first-order valence-corrected chi connectivity index (χ1v) is 7.54. The van der Waals surface area contributed by atoms with E-state index in [-0.39, 0.29) is 12.3 Å². The summed E-state index contributed by atoms with van der Waals surface area (Å²) in [4.78, 5) is 19.4. The number of nitrogens with zero attached hydrogens (tertiary/aromatic N) is 3. The Labute approximate surface area is 143 Å². The number of hydrogen-bond donors (Lipinski definition) is 0. The van der Waals surface area contributed by atoms with Crippen LogP contribution in [0.1, 0.15) is 11.1 Å². The summed E-state index contributed by atoms with van der Waals surface area (Å²) in [5.41, 5.74) is 11.0. The lowest BCUT2D eigenvalue weighted by Crippen LogP contribution is -2.19. The molecule has 3 aromatic rings. The Hall–Kier alpha value is -3.01. The number of ether oxygens (including phenoxy) is 1. The lowest BCUT2D eigenvalue weighted by molar-refractivity contribution is -0.141. The van der Waals surface area contributed by atoms with Gasteiger partial charge in [0.05, 0.1) is 11.1 Å². The highest BCUT2D eigenvalue weighted by Crippen LogP contribution is 2.15. The molecule has 0 aliphatic heterocycles. The van der Waals surface area contributed by atoms with E-state index in [0.29, 0.717) is 10.6 Å². The lowest BCUT2D eigenvalue weighted by atomic mass is 10.1. The number of rotatable bonds is 4. The molecule has 2 aromatic carbocycles. The van der Waals surface area contributed by atoms with Crippen molar-refractivity contribution in [3.63, 3.8) is 0 Å². The van der Waals surface area contributed by atoms with Crippen molar-refractivity contribution in [2.24, 2.45) is 0 Å². The summed E-state index contributed by atoms with van der Waals surface area (Å²) in [7, 11) is 0. The van der Waals surface area contributed by atoms with Gasteiger partial charge in [0.25, 0.3) is 0 Å². The molecule has 0 saturated carbocycles. The van der Waals surface area contributed by atoms with E-state index in [1.54, 1.807) is 30.5 Å². The van der Waals surface area contributed by atoms with Gasteiger partial charge in [-0.05, 0) is 48.0 Å². The van der Waals surface area contributed by atoms with E-state index in [9.17, 15) is 4.79 Å². The summed E-state index contributed by atoms with van der Waals surface area (Å²) in [6.07, 6.45) is 1.72. The highest BCUT2D eigenvalue weighted by Gasteiger charge is 2.24. The molecule has 0 radical (unpaired) electrons. The van der Waals surface area contributed by atoms with Gasteiger partial charge >= 0.3 is 11.7 Å². The molecule has 3 rings (SSSR count). The number of carbonyl (C=O) groups is 1. The molecule has 1 heterocycles. The van der Waals surface area contributed by atoms with Crippen LogP contribution in [0.2, 0.25) is 5.02 Å². The minimum Gasteiger partial charge on any atom is -0.452 e. The molecule has 118 valence electrons. The first-order valence-electron chi connectivity index (χ1n) is 7.16. The lowest BCUT2D eigenvalue weighted by Gasteiger charge is -2.04. The van der Waals surface area contributed by atoms with E-state index < -0.39 is 5.97 Å². The fourth-order valence-corrected chi connectivity index (χ4v) is 2.38. The molecule has 1 aromatic heterocycles. The van der Waals surface area contributed by atoms with Gasteiger partial charge in [-0.15, -0.1) is 0 Å². The van der Waals surface area contributed by atoms with Crippen LogP contribution in [0.5, 0.6) is 0 Å². The molecule has 0 amide bonds. The molecule has 6 heteroatoms. The average Bonchev–Trinajstić information content (AvgIpc) is 2.62. The first kappa shape index (κ1) is 15.9. The normalized spacial score (nSPS) is 10.2. The highest BCUT2D eigenvalue weighted by molar-refractivity contribution is 6.41. The first-order chi connectivity index (χ1) is 11.7. The van der Waals surface area contributed by atoms with Gasteiger partial charge in [0.15, 0.2) is 0 Å².